The molecule has 0 aromatic heterocycles. The second kappa shape index (κ2) is 10.3. The Morgan fingerprint density at radius 1 is 1.24 bits per heavy atom. The summed E-state index contributed by atoms with van der Waals surface area (Å²) in [5.74, 6) is 1.78. The lowest BCUT2D eigenvalue weighted by molar-refractivity contribution is 0.0322. The van der Waals surface area contributed by atoms with E-state index in [-0.39, 0.29) is 0 Å². The van der Waals surface area contributed by atoms with Crippen LogP contribution in [-0.4, -0.2) is 75.1 Å². The molecule has 3 aliphatic rings. The Hall–Kier alpha value is -1.83. The van der Waals surface area contributed by atoms with Crippen LogP contribution in [0.5, 0.6) is 5.75 Å². The molecule has 0 saturated carbocycles. The summed E-state index contributed by atoms with van der Waals surface area (Å²) in [5.41, 5.74) is 1.11. The molecule has 0 radical (unpaired) electrons. The highest BCUT2D eigenvalue weighted by Crippen LogP contribution is 2.34. The third-order valence-corrected chi connectivity index (χ3v) is 5.92. The number of fused-ring (bicyclic) bond motifs is 2. The van der Waals surface area contributed by atoms with Gasteiger partial charge in [0, 0.05) is 31.7 Å². The van der Waals surface area contributed by atoms with Crippen LogP contribution < -0.4 is 15.4 Å². The minimum atomic E-state index is 0.333. The molecule has 3 unspecified atom stereocenters. The van der Waals surface area contributed by atoms with Crippen LogP contribution in [0.15, 0.2) is 29.3 Å². The lowest BCUT2D eigenvalue weighted by Crippen LogP contribution is -2.47. The molecule has 1 aromatic rings. The van der Waals surface area contributed by atoms with Crippen LogP contribution in [0.4, 0.5) is 0 Å². The fourth-order valence-corrected chi connectivity index (χ4v) is 4.33. The van der Waals surface area contributed by atoms with Crippen LogP contribution in [0.1, 0.15) is 31.7 Å². The van der Waals surface area contributed by atoms with Crippen LogP contribution in [0.3, 0.4) is 0 Å². The van der Waals surface area contributed by atoms with Crippen molar-refractivity contribution in [3.05, 3.63) is 29.8 Å². The van der Waals surface area contributed by atoms with Gasteiger partial charge in [-0.15, -0.1) is 0 Å². The van der Waals surface area contributed by atoms with Crippen molar-refractivity contribution in [2.75, 3.05) is 46.0 Å². The van der Waals surface area contributed by atoms with Crippen molar-refractivity contribution < 1.29 is 14.2 Å². The molecule has 2 N–H and O–H groups in total. The number of ether oxygens (including phenoxy) is 3. The van der Waals surface area contributed by atoms with Gasteiger partial charge in [0.15, 0.2) is 5.96 Å². The summed E-state index contributed by atoms with van der Waals surface area (Å²) in [6.45, 7) is 8.74. The zero-order chi connectivity index (χ0) is 19.9. The van der Waals surface area contributed by atoms with Crippen molar-refractivity contribution in [1.29, 1.82) is 0 Å². The number of nitrogens with zero attached hydrogens (tertiary/aromatic N) is 2. The molecule has 1 aromatic carbocycles. The van der Waals surface area contributed by atoms with E-state index in [4.69, 9.17) is 19.2 Å². The number of rotatable bonds is 8. The first kappa shape index (κ1) is 20.4. The van der Waals surface area contributed by atoms with Crippen molar-refractivity contribution in [1.82, 2.24) is 15.5 Å². The number of hydrogen-bond acceptors (Lipinski definition) is 5. The summed E-state index contributed by atoms with van der Waals surface area (Å²) in [5, 5.41) is 6.95. The molecule has 7 nitrogen and oxygen atoms in total. The van der Waals surface area contributed by atoms with Gasteiger partial charge in [-0.3, -0.25) is 4.90 Å². The van der Waals surface area contributed by atoms with Gasteiger partial charge >= 0.3 is 0 Å². The first-order valence-corrected chi connectivity index (χ1v) is 11.0. The molecule has 3 atom stereocenters. The maximum absolute atomic E-state index is 6.09. The predicted molar refractivity (Wildman–Crippen MR) is 113 cm³/mol. The van der Waals surface area contributed by atoms with Gasteiger partial charge in [0.25, 0.3) is 0 Å². The van der Waals surface area contributed by atoms with E-state index in [0.717, 1.165) is 69.5 Å². The van der Waals surface area contributed by atoms with E-state index in [1.165, 1.54) is 6.42 Å². The van der Waals surface area contributed by atoms with Gasteiger partial charge in [-0.05, 0) is 32.3 Å². The molecule has 2 bridgehead atoms. The number of morpholine rings is 1. The summed E-state index contributed by atoms with van der Waals surface area (Å²) in [6.07, 6.45) is 4.20. The van der Waals surface area contributed by atoms with Gasteiger partial charge in [-0.1, -0.05) is 18.2 Å². The first-order chi connectivity index (χ1) is 14.3. The molecule has 3 heterocycles. The summed E-state index contributed by atoms with van der Waals surface area (Å²) in [6, 6.07) is 8.56. The van der Waals surface area contributed by atoms with Crippen molar-refractivity contribution >= 4 is 5.96 Å². The zero-order valence-electron chi connectivity index (χ0n) is 17.4. The topological polar surface area (TPSA) is 67.4 Å². The maximum Gasteiger partial charge on any atom is 0.191 e. The number of benzene rings is 1. The lowest BCUT2D eigenvalue weighted by atomic mass is 9.96. The van der Waals surface area contributed by atoms with Gasteiger partial charge < -0.3 is 24.8 Å². The fraction of sp³-hybridized carbons (Fsp3) is 0.682. The van der Waals surface area contributed by atoms with Crippen LogP contribution in [0.2, 0.25) is 0 Å². The highest BCUT2D eigenvalue weighted by molar-refractivity contribution is 5.80. The summed E-state index contributed by atoms with van der Waals surface area (Å²) in [4.78, 5) is 7.21. The molecule has 4 rings (SSSR count). The molecular weight excluding hydrogens is 368 g/mol. The van der Waals surface area contributed by atoms with Crippen LogP contribution in [0, 0.1) is 0 Å². The van der Waals surface area contributed by atoms with Gasteiger partial charge in [0.05, 0.1) is 38.0 Å². The molecule has 29 heavy (non-hydrogen) atoms. The normalized spacial score (nSPS) is 27.2. The lowest BCUT2D eigenvalue weighted by Gasteiger charge is -2.26. The molecule has 0 spiro atoms. The van der Waals surface area contributed by atoms with Crippen molar-refractivity contribution in [2.45, 2.75) is 51.0 Å². The molecule has 7 heteroatoms. The highest BCUT2D eigenvalue weighted by atomic mass is 16.5. The Labute approximate surface area is 173 Å². The Bertz CT molecular complexity index is 678. The Morgan fingerprint density at radius 2 is 2.10 bits per heavy atom. The predicted octanol–water partition coefficient (Wildman–Crippen LogP) is 1.77. The molecule has 3 aliphatic heterocycles. The zero-order valence-corrected chi connectivity index (χ0v) is 17.4. The summed E-state index contributed by atoms with van der Waals surface area (Å²) >= 11 is 0. The minimum Gasteiger partial charge on any atom is -0.492 e. The SMILES string of the molecule is CCNC(=NCc1ccccc1OCCN1CCOCC1)NC1CC2CCC1O2. The number of hydrogen-bond donors (Lipinski definition) is 2. The van der Waals surface area contributed by atoms with Crippen LogP contribution >= 0.6 is 0 Å². The second-order valence-electron chi connectivity index (χ2n) is 7.97. The van der Waals surface area contributed by atoms with E-state index < -0.39 is 0 Å². The van der Waals surface area contributed by atoms with Crippen LogP contribution in [-0.2, 0) is 16.0 Å². The number of aliphatic imine (C=N–C) groups is 1. The number of nitrogens with one attached hydrogen (secondary N) is 2. The maximum atomic E-state index is 6.09. The molecule has 0 amide bonds. The molecule has 160 valence electrons. The average molecular weight is 403 g/mol. The average Bonchev–Trinajstić information content (AvgIpc) is 3.37. The largest absolute Gasteiger partial charge is 0.492 e. The van der Waals surface area contributed by atoms with E-state index in [1.807, 2.05) is 18.2 Å². The van der Waals surface area contributed by atoms with Crippen LogP contribution in [0.25, 0.3) is 0 Å². The van der Waals surface area contributed by atoms with E-state index in [2.05, 4.69) is 28.5 Å². The Kier molecular flexibility index (Phi) is 7.24. The van der Waals surface area contributed by atoms with E-state index in [1.54, 1.807) is 0 Å². The smallest absolute Gasteiger partial charge is 0.191 e. The highest BCUT2D eigenvalue weighted by Gasteiger charge is 2.41. The van der Waals surface area contributed by atoms with E-state index >= 15 is 0 Å². The van der Waals surface area contributed by atoms with Gasteiger partial charge in [-0.25, -0.2) is 4.99 Å². The van der Waals surface area contributed by atoms with Gasteiger partial charge in [0.1, 0.15) is 12.4 Å². The first-order valence-electron chi connectivity index (χ1n) is 11.0. The standard InChI is InChI=1S/C22H34N4O3/c1-2-23-22(25-19-15-18-7-8-21(19)29-18)24-16-17-5-3-4-6-20(17)28-14-11-26-9-12-27-13-10-26/h3-6,18-19,21H,2,7-16H2,1H3,(H2,23,24,25). The summed E-state index contributed by atoms with van der Waals surface area (Å²) in [7, 11) is 0. The van der Waals surface area contributed by atoms with Gasteiger partial charge in [0.2, 0.25) is 0 Å². The molecule has 3 saturated heterocycles. The molecule has 3 fully saturated rings. The van der Waals surface area contributed by atoms with Crippen molar-refractivity contribution in [3.8, 4) is 5.75 Å². The van der Waals surface area contributed by atoms with E-state index in [9.17, 15) is 0 Å². The van der Waals surface area contributed by atoms with Crippen molar-refractivity contribution in [2.24, 2.45) is 4.99 Å². The Balaban J connectivity index is 1.32. The Morgan fingerprint density at radius 3 is 2.86 bits per heavy atom. The monoisotopic (exact) mass is 402 g/mol. The van der Waals surface area contributed by atoms with Crippen molar-refractivity contribution in [3.63, 3.8) is 0 Å². The summed E-state index contributed by atoms with van der Waals surface area (Å²) < 4.78 is 17.5. The van der Waals surface area contributed by atoms with Gasteiger partial charge in [-0.2, -0.15) is 0 Å². The second-order valence-corrected chi connectivity index (χ2v) is 7.97. The fourth-order valence-electron chi connectivity index (χ4n) is 4.33. The minimum absolute atomic E-state index is 0.333. The molecular formula is C22H34N4O3. The molecule has 0 aliphatic carbocycles. The van der Waals surface area contributed by atoms with E-state index in [0.29, 0.717) is 31.4 Å². The number of para-hydroxylation sites is 1. The third-order valence-electron chi connectivity index (χ3n) is 5.92. The number of guanidine groups is 1. The quantitative estimate of drug-likeness (QED) is 0.510. The third kappa shape index (κ3) is 5.62.